The number of hydrogen-bond donors (Lipinski definition) is 3. The number of phenols is 2. The summed E-state index contributed by atoms with van der Waals surface area (Å²) in [7, 11) is 0. The van der Waals surface area contributed by atoms with Crippen molar-refractivity contribution < 1.29 is 15.0 Å². The van der Waals surface area contributed by atoms with Gasteiger partial charge in [-0.25, -0.2) is 5.43 Å². The first-order valence-corrected chi connectivity index (χ1v) is 7.12. The van der Waals surface area contributed by atoms with Crippen LogP contribution in [0.2, 0.25) is 0 Å². The highest BCUT2D eigenvalue weighted by Crippen LogP contribution is 2.23. The number of hydrogen-bond acceptors (Lipinski definition) is 4. The van der Waals surface area contributed by atoms with Gasteiger partial charge in [-0.15, -0.1) is 0 Å². The molecule has 0 saturated carbocycles. The summed E-state index contributed by atoms with van der Waals surface area (Å²) in [6.45, 7) is 0. The highest BCUT2D eigenvalue weighted by Gasteiger charge is 2.16. The molecular formula is C17H16N2O3. The SMILES string of the molecule is O=C(NN=C1CCCc2ccccc21)c1cc(O)ccc1O. The summed E-state index contributed by atoms with van der Waals surface area (Å²) < 4.78 is 0. The molecular weight excluding hydrogens is 280 g/mol. The summed E-state index contributed by atoms with van der Waals surface area (Å²) in [5, 5.41) is 23.3. The minimum Gasteiger partial charge on any atom is -0.508 e. The summed E-state index contributed by atoms with van der Waals surface area (Å²) in [5.74, 6) is -0.831. The molecule has 0 aliphatic heterocycles. The van der Waals surface area contributed by atoms with Crippen molar-refractivity contribution in [1.82, 2.24) is 5.43 Å². The average molecular weight is 296 g/mol. The van der Waals surface area contributed by atoms with Gasteiger partial charge < -0.3 is 10.2 Å². The van der Waals surface area contributed by atoms with Crippen LogP contribution in [0, 0.1) is 0 Å². The topological polar surface area (TPSA) is 81.9 Å². The van der Waals surface area contributed by atoms with Gasteiger partial charge in [0, 0.05) is 5.56 Å². The molecule has 5 nitrogen and oxygen atoms in total. The molecule has 1 amide bonds. The van der Waals surface area contributed by atoms with E-state index in [9.17, 15) is 15.0 Å². The van der Waals surface area contributed by atoms with Gasteiger partial charge in [0.05, 0.1) is 11.3 Å². The molecule has 1 aliphatic carbocycles. The van der Waals surface area contributed by atoms with Gasteiger partial charge >= 0.3 is 0 Å². The predicted molar refractivity (Wildman–Crippen MR) is 83.2 cm³/mol. The van der Waals surface area contributed by atoms with Crippen LogP contribution in [0.4, 0.5) is 0 Å². The van der Waals surface area contributed by atoms with Crippen molar-refractivity contribution in [2.75, 3.05) is 0 Å². The van der Waals surface area contributed by atoms with Crippen molar-refractivity contribution in [2.45, 2.75) is 19.3 Å². The van der Waals surface area contributed by atoms with Crippen LogP contribution in [0.25, 0.3) is 0 Å². The van der Waals surface area contributed by atoms with Gasteiger partial charge in [0.15, 0.2) is 0 Å². The van der Waals surface area contributed by atoms with Crippen LogP contribution in [-0.4, -0.2) is 21.8 Å². The number of hydrazone groups is 1. The van der Waals surface area contributed by atoms with Crippen molar-refractivity contribution in [2.24, 2.45) is 5.10 Å². The highest BCUT2D eigenvalue weighted by atomic mass is 16.3. The lowest BCUT2D eigenvalue weighted by Gasteiger charge is -2.17. The van der Waals surface area contributed by atoms with E-state index >= 15 is 0 Å². The number of benzene rings is 2. The number of aryl methyl sites for hydroxylation is 1. The summed E-state index contributed by atoms with van der Waals surface area (Å²) in [5.41, 5.74) is 5.55. The normalized spacial score (nSPS) is 15.4. The van der Waals surface area contributed by atoms with E-state index < -0.39 is 5.91 Å². The molecule has 0 radical (unpaired) electrons. The summed E-state index contributed by atoms with van der Waals surface area (Å²) in [4.78, 5) is 12.1. The maximum absolute atomic E-state index is 12.1. The van der Waals surface area contributed by atoms with Gasteiger partial charge in [-0.1, -0.05) is 24.3 Å². The van der Waals surface area contributed by atoms with Crippen molar-refractivity contribution in [3.05, 3.63) is 59.2 Å². The molecule has 0 unspecified atom stereocenters. The maximum Gasteiger partial charge on any atom is 0.275 e. The molecule has 3 N–H and O–H groups in total. The van der Waals surface area contributed by atoms with Crippen LogP contribution in [0.5, 0.6) is 11.5 Å². The molecule has 112 valence electrons. The predicted octanol–water partition coefficient (Wildman–Crippen LogP) is 2.57. The first-order valence-electron chi connectivity index (χ1n) is 7.12. The van der Waals surface area contributed by atoms with Gasteiger partial charge in [0.1, 0.15) is 11.5 Å². The number of nitrogens with one attached hydrogen (secondary N) is 1. The molecule has 1 aliphatic rings. The zero-order valence-corrected chi connectivity index (χ0v) is 11.9. The van der Waals surface area contributed by atoms with Crippen molar-refractivity contribution >= 4 is 11.6 Å². The van der Waals surface area contributed by atoms with Gasteiger partial charge in [0.2, 0.25) is 0 Å². The van der Waals surface area contributed by atoms with Crippen molar-refractivity contribution in [3.8, 4) is 11.5 Å². The third-order valence-electron chi connectivity index (χ3n) is 3.71. The van der Waals surface area contributed by atoms with Crippen molar-refractivity contribution in [3.63, 3.8) is 0 Å². The molecule has 0 fully saturated rings. The lowest BCUT2D eigenvalue weighted by atomic mass is 9.90. The lowest BCUT2D eigenvalue weighted by Crippen LogP contribution is -2.22. The molecule has 0 heterocycles. The molecule has 22 heavy (non-hydrogen) atoms. The number of carbonyl (C=O) groups excluding carboxylic acids is 1. The summed E-state index contributed by atoms with van der Waals surface area (Å²) in [6, 6.07) is 11.8. The number of rotatable bonds is 2. The molecule has 3 rings (SSSR count). The molecule has 0 saturated heterocycles. The zero-order chi connectivity index (χ0) is 15.5. The first-order chi connectivity index (χ1) is 10.6. The van der Waals surface area contributed by atoms with Gasteiger partial charge in [-0.05, 0) is 43.0 Å². The Kier molecular flexibility index (Phi) is 3.78. The van der Waals surface area contributed by atoms with E-state index in [1.807, 2.05) is 18.2 Å². The molecule has 0 aromatic heterocycles. The Balaban J connectivity index is 1.83. The average Bonchev–Trinajstić information content (AvgIpc) is 2.54. The molecule has 5 heteroatoms. The van der Waals surface area contributed by atoms with E-state index in [0.717, 1.165) is 30.5 Å². The minimum atomic E-state index is -0.552. The van der Waals surface area contributed by atoms with Crippen LogP contribution < -0.4 is 5.43 Å². The van der Waals surface area contributed by atoms with E-state index in [1.54, 1.807) is 0 Å². The third-order valence-corrected chi connectivity index (χ3v) is 3.71. The van der Waals surface area contributed by atoms with Gasteiger partial charge in [0.25, 0.3) is 5.91 Å². The highest BCUT2D eigenvalue weighted by molar-refractivity contribution is 6.04. The second-order valence-corrected chi connectivity index (χ2v) is 5.21. The van der Waals surface area contributed by atoms with E-state index in [-0.39, 0.29) is 17.1 Å². The maximum atomic E-state index is 12.1. The largest absolute Gasteiger partial charge is 0.508 e. The number of carbonyl (C=O) groups is 1. The molecule has 0 atom stereocenters. The molecule has 2 aromatic rings. The Labute approximate surface area is 127 Å². The lowest BCUT2D eigenvalue weighted by molar-refractivity contribution is 0.0951. The van der Waals surface area contributed by atoms with Crippen LogP contribution in [0.1, 0.15) is 34.3 Å². The monoisotopic (exact) mass is 296 g/mol. The van der Waals surface area contributed by atoms with E-state index in [0.29, 0.717) is 0 Å². The van der Waals surface area contributed by atoms with E-state index in [4.69, 9.17) is 0 Å². The number of nitrogens with zero attached hydrogens (tertiary/aromatic N) is 1. The second-order valence-electron chi connectivity index (χ2n) is 5.21. The van der Waals surface area contributed by atoms with E-state index in [1.165, 1.54) is 23.8 Å². The second kappa shape index (κ2) is 5.89. The number of amides is 1. The standard InChI is InChI=1S/C17H16N2O3/c20-12-8-9-16(21)14(10-12)17(22)19-18-15-7-3-5-11-4-1-2-6-13(11)15/h1-2,4,6,8-10,20-21H,3,5,7H2,(H,19,22). The number of fused-ring (bicyclic) bond motifs is 1. The van der Waals surface area contributed by atoms with Gasteiger partial charge in [-0.2, -0.15) is 5.10 Å². The summed E-state index contributed by atoms with van der Waals surface area (Å²) >= 11 is 0. The number of phenolic OH excluding ortho intramolecular Hbond substituents is 2. The fourth-order valence-corrected chi connectivity index (χ4v) is 2.60. The smallest absolute Gasteiger partial charge is 0.275 e. The van der Waals surface area contributed by atoms with Crippen LogP contribution in [-0.2, 0) is 6.42 Å². The first kappa shape index (κ1) is 14.1. The zero-order valence-electron chi connectivity index (χ0n) is 11.9. The Morgan fingerprint density at radius 1 is 1.09 bits per heavy atom. The van der Waals surface area contributed by atoms with Crippen LogP contribution >= 0.6 is 0 Å². The fraction of sp³-hybridized carbons (Fsp3) is 0.176. The Hall–Kier alpha value is -2.82. The molecule has 2 aromatic carbocycles. The minimum absolute atomic E-state index is 0.00607. The fourth-order valence-electron chi connectivity index (χ4n) is 2.60. The Morgan fingerprint density at radius 2 is 1.91 bits per heavy atom. The van der Waals surface area contributed by atoms with E-state index in [2.05, 4.69) is 16.6 Å². The third kappa shape index (κ3) is 2.79. The van der Waals surface area contributed by atoms with Crippen LogP contribution in [0.15, 0.2) is 47.6 Å². The quantitative estimate of drug-likeness (QED) is 0.588. The molecule has 0 bridgehead atoms. The van der Waals surface area contributed by atoms with Gasteiger partial charge in [-0.3, -0.25) is 4.79 Å². The Bertz CT molecular complexity index is 753. The number of aromatic hydroxyl groups is 2. The van der Waals surface area contributed by atoms with Crippen LogP contribution in [0.3, 0.4) is 0 Å². The summed E-state index contributed by atoms with van der Waals surface area (Å²) in [6.07, 6.45) is 2.79. The molecule has 0 spiro atoms. The Morgan fingerprint density at radius 3 is 2.77 bits per heavy atom. The van der Waals surface area contributed by atoms with Crippen molar-refractivity contribution in [1.29, 1.82) is 0 Å².